The molecular formula is C38H47HgN2O2. The fourth-order valence-electron chi connectivity index (χ4n) is 5.97. The molecule has 1 saturated carbocycles. The van der Waals surface area contributed by atoms with Crippen LogP contribution in [0.15, 0.2) is 95.8 Å². The van der Waals surface area contributed by atoms with E-state index in [2.05, 4.69) is 75.4 Å². The average Bonchev–Trinajstić information content (AvgIpc) is 3.57. The van der Waals surface area contributed by atoms with Gasteiger partial charge in [0.2, 0.25) is 0 Å². The van der Waals surface area contributed by atoms with Gasteiger partial charge in [-0.3, -0.25) is 0 Å². The summed E-state index contributed by atoms with van der Waals surface area (Å²) < 4.78 is 2.92. The van der Waals surface area contributed by atoms with E-state index >= 15 is 0 Å². The van der Waals surface area contributed by atoms with E-state index < -0.39 is 0 Å². The van der Waals surface area contributed by atoms with Crippen LogP contribution in [0.2, 0.25) is 0 Å². The second kappa shape index (κ2) is 18.1. The molecule has 1 unspecified atom stereocenters. The van der Waals surface area contributed by atoms with E-state index in [0.29, 0.717) is 0 Å². The Hall–Kier alpha value is -2.85. The molecule has 1 heterocycles. The van der Waals surface area contributed by atoms with Crippen LogP contribution in [0.3, 0.4) is 0 Å². The monoisotopic (exact) mass is 765 g/mol. The molecule has 223 valence electrons. The summed E-state index contributed by atoms with van der Waals surface area (Å²) >= 11 is 0.248. The SMILES string of the molecule is CC(C)=O.CC(c1ccccc1)C1CCCC1.CCCc1c(CC)n[c]([Hg])n(C(c2ccccc2)c2ccccc2)c1=O. The summed E-state index contributed by atoms with van der Waals surface area (Å²) in [6.45, 7) is 9.64. The molecule has 4 aromatic rings. The summed E-state index contributed by atoms with van der Waals surface area (Å²) in [4.78, 5) is 27.8. The van der Waals surface area contributed by atoms with Crippen molar-refractivity contribution in [2.24, 2.45) is 5.92 Å². The van der Waals surface area contributed by atoms with Crippen molar-refractivity contribution < 1.29 is 30.9 Å². The van der Waals surface area contributed by atoms with Crippen molar-refractivity contribution in [1.82, 2.24) is 9.55 Å². The Balaban J connectivity index is 0.000000246. The van der Waals surface area contributed by atoms with Crippen molar-refractivity contribution >= 4 is 9.12 Å². The third-order valence-electron chi connectivity index (χ3n) is 8.12. The number of carbonyl (C=O) groups is 1. The number of benzene rings is 3. The number of hydrogen-bond donors (Lipinski definition) is 0. The molecule has 5 rings (SSSR count). The number of carbonyl (C=O) groups excluding carboxylic acids is 1. The van der Waals surface area contributed by atoms with Crippen molar-refractivity contribution in [2.75, 3.05) is 0 Å². The molecule has 1 aromatic heterocycles. The predicted molar refractivity (Wildman–Crippen MR) is 175 cm³/mol. The zero-order valence-corrected chi connectivity index (χ0v) is 32.3. The van der Waals surface area contributed by atoms with Gasteiger partial charge in [-0.2, -0.15) is 0 Å². The van der Waals surface area contributed by atoms with E-state index in [4.69, 9.17) is 4.98 Å². The molecule has 5 heteroatoms. The Labute approximate surface area is 275 Å². The summed E-state index contributed by atoms with van der Waals surface area (Å²) in [5.41, 5.74) is 5.79. The van der Waals surface area contributed by atoms with Crippen LogP contribution in [-0.4, -0.2) is 15.3 Å². The number of aryl methyl sites for hydroxylation is 1. The Morgan fingerprint density at radius 3 is 1.70 bits per heavy atom. The molecule has 0 aliphatic heterocycles. The molecule has 43 heavy (non-hydrogen) atoms. The zero-order chi connectivity index (χ0) is 31.2. The first-order chi connectivity index (χ1) is 20.8. The maximum atomic E-state index is 13.5. The van der Waals surface area contributed by atoms with Gasteiger partial charge in [0.15, 0.2) is 0 Å². The zero-order valence-electron chi connectivity index (χ0n) is 26.8. The Morgan fingerprint density at radius 1 is 0.837 bits per heavy atom. The number of ketones is 1. The van der Waals surface area contributed by atoms with Gasteiger partial charge in [-0.05, 0) is 44.1 Å². The van der Waals surface area contributed by atoms with Gasteiger partial charge in [0.1, 0.15) is 5.78 Å². The van der Waals surface area contributed by atoms with Gasteiger partial charge >= 0.3 is 172 Å². The molecular weight excluding hydrogens is 717 g/mol. The van der Waals surface area contributed by atoms with Gasteiger partial charge in [-0.1, -0.05) is 50.1 Å². The number of aromatic nitrogens is 2. The van der Waals surface area contributed by atoms with Crippen LogP contribution in [-0.2, 0) is 43.8 Å². The van der Waals surface area contributed by atoms with Crippen LogP contribution in [0.5, 0.6) is 0 Å². The second-order valence-electron chi connectivity index (χ2n) is 11.6. The van der Waals surface area contributed by atoms with Gasteiger partial charge in [0, 0.05) is 0 Å². The Bertz CT molecular complexity index is 1400. The van der Waals surface area contributed by atoms with Crippen LogP contribution in [0.4, 0.5) is 0 Å². The van der Waals surface area contributed by atoms with E-state index in [1.165, 1.54) is 45.1 Å². The van der Waals surface area contributed by atoms with Crippen molar-refractivity contribution in [3.63, 3.8) is 0 Å². The summed E-state index contributed by atoms with van der Waals surface area (Å²) in [5, 5.41) is 0. The van der Waals surface area contributed by atoms with Crippen LogP contribution in [0, 0.1) is 5.92 Å². The first-order valence-corrected chi connectivity index (χ1v) is 18.6. The molecule has 1 atom stereocenters. The van der Waals surface area contributed by atoms with E-state index in [-0.39, 0.29) is 43.5 Å². The van der Waals surface area contributed by atoms with Crippen molar-refractivity contribution in [3.8, 4) is 0 Å². The molecule has 0 bridgehead atoms. The van der Waals surface area contributed by atoms with E-state index in [9.17, 15) is 9.59 Å². The number of hydrogen-bond acceptors (Lipinski definition) is 3. The predicted octanol–water partition coefficient (Wildman–Crippen LogP) is 8.14. The summed E-state index contributed by atoms with van der Waals surface area (Å²) in [5.74, 6) is 1.88. The molecule has 4 nitrogen and oxygen atoms in total. The Kier molecular flexibility index (Phi) is 14.6. The number of nitrogens with zero attached hydrogens (tertiary/aromatic N) is 2. The van der Waals surface area contributed by atoms with Crippen molar-refractivity contribution in [1.29, 1.82) is 0 Å². The molecule has 0 saturated heterocycles. The molecule has 0 radical (unpaired) electrons. The van der Waals surface area contributed by atoms with E-state index in [1.807, 2.05) is 41.0 Å². The molecule has 0 amide bonds. The molecule has 1 aliphatic rings. The minimum atomic E-state index is -0.119. The van der Waals surface area contributed by atoms with E-state index in [0.717, 1.165) is 56.8 Å². The van der Waals surface area contributed by atoms with Gasteiger partial charge in [-0.15, -0.1) is 0 Å². The quantitative estimate of drug-likeness (QED) is 0.170. The van der Waals surface area contributed by atoms with Gasteiger partial charge in [-0.25, -0.2) is 0 Å². The van der Waals surface area contributed by atoms with Crippen LogP contribution in [0.1, 0.15) is 107 Å². The summed E-state index contributed by atoms with van der Waals surface area (Å²) in [6, 6.07) is 31.4. The second-order valence-corrected chi connectivity index (χ2v) is 14.1. The van der Waals surface area contributed by atoms with Gasteiger partial charge in [0.25, 0.3) is 0 Å². The first-order valence-electron chi connectivity index (χ1n) is 15.9. The first kappa shape index (κ1) is 34.6. The molecule has 3 aromatic carbocycles. The van der Waals surface area contributed by atoms with E-state index in [1.54, 1.807) is 0 Å². The maximum absolute atomic E-state index is 13.5. The topological polar surface area (TPSA) is 52.0 Å². The Morgan fingerprint density at radius 2 is 1.28 bits per heavy atom. The normalized spacial score (nSPS) is 13.5. The molecule has 0 spiro atoms. The standard InChI is InChI=1S/C22H23N2O.C13H18.C3H6O.Hg/c1-3-11-19-20(4-2)23-16-24(22(19)25)21(17-12-7-5-8-13-17)18-14-9-6-10-15-18;1-11(13-9-5-6-10-13)12-7-3-2-4-8-12;1-3(2)4;/h5-10,12-15,21H,3-4,11H2,1-2H3;2-4,7-8,11,13H,5-6,9-10H2,1H3;1-2H3;. The fourth-order valence-corrected chi connectivity index (χ4v) is 7.98. The van der Waals surface area contributed by atoms with Crippen LogP contribution in [0.25, 0.3) is 0 Å². The molecule has 1 fully saturated rings. The van der Waals surface area contributed by atoms with Gasteiger partial charge < -0.3 is 4.79 Å². The van der Waals surface area contributed by atoms with Crippen LogP contribution < -0.4 is 8.89 Å². The molecule has 1 aliphatic carbocycles. The summed E-state index contributed by atoms with van der Waals surface area (Å²) in [7, 11) is 0. The average molecular weight is 764 g/mol. The third kappa shape index (κ3) is 10.1. The third-order valence-corrected chi connectivity index (χ3v) is 10.1. The molecule has 0 N–H and O–H groups in total. The van der Waals surface area contributed by atoms with Crippen molar-refractivity contribution in [3.05, 3.63) is 129 Å². The van der Waals surface area contributed by atoms with Gasteiger partial charge in [0.05, 0.1) is 0 Å². The minimum absolute atomic E-state index is 0.119. The van der Waals surface area contributed by atoms with Crippen LogP contribution >= 0.6 is 0 Å². The summed E-state index contributed by atoms with van der Waals surface area (Å²) in [6.07, 6.45) is 8.34. The fraction of sp³-hybridized carbons (Fsp3) is 0.395. The van der Waals surface area contributed by atoms with Crippen molar-refractivity contribution in [2.45, 2.75) is 91.5 Å². The number of Topliss-reactive ketones (excluding diaryl/α,β-unsaturated/α-hetero) is 1. The number of rotatable bonds is 8.